The van der Waals surface area contributed by atoms with E-state index in [9.17, 15) is 8.42 Å². The third-order valence-corrected chi connectivity index (χ3v) is 6.21. The first-order valence-corrected chi connectivity index (χ1v) is 9.04. The standard InChI is InChI=1S/C17H16N4O2S/c1-11-5-7-13(8-6-11)24(22,23)21-12(2)14-10-19-20-16(14)17-15(21)4-3-9-18-17/h3-10,12H,1-2H3,(H,19,20). The number of aromatic nitrogens is 3. The van der Waals surface area contributed by atoms with Gasteiger partial charge in [0.05, 0.1) is 28.5 Å². The van der Waals surface area contributed by atoms with Crippen LogP contribution >= 0.6 is 0 Å². The summed E-state index contributed by atoms with van der Waals surface area (Å²) in [6.45, 7) is 3.78. The number of hydrogen-bond donors (Lipinski definition) is 1. The van der Waals surface area contributed by atoms with Crippen LogP contribution in [0.25, 0.3) is 11.4 Å². The van der Waals surface area contributed by atoms with E-state index in [4.69, 9.17) is 0 Å². The fourth-order valence-electron chi connectivity index (χ4n) is 3.07. The van der Waals surface area contributed by atoms with Crippen molar-refractivity contribution in [3.05, 3.63) is 59.9 Å². The molecule has 0 aliphatic carbocycles. The largest absolute Gasteiger partial charge is 0.276 e. The van der Waals surface area contributed by atoms with Gasteiger partial charge in [0.1, 0.15) is 5.69 Å². The predicted octanol–water partition coefficient (Wildman–Crippen LogP) is 3.05. The van der Waals surface area contributed by atoms with Crippen molar-refractivity contribution in [1.82, 2.24) is 15.2 Å². The Morgan fingerprint density at radius 2 is 1.92 bits per heavy atom. The Hall–Kier alpha value is -2.67. The molecule has 3 aromatic rings. The van der Waals surface area contributed by atoms with Crippen LogP contribution in [0.2, 0.25) is 0 Å². The van der Waals surface area contributed by atoms with E-state index in [-0.39, 0.29) is 10.9 Å². The van der Waals surface area contributed by atoms with Crippen LogP contribution < -0.4 is 4.31 Å². The summed E-state index contributed by atoms with van der Waals surface area (Å²) in [7, 11) is -3.71. The molecule has 6 nitrogen and oxygen atoms in total. The lowest BCUT2D eigenvalue weighted by Crippen LogP contribution is -2.36. The van der Waals surface area contributed by atoms with Crippen LogP contribution in [0.5, 0.6) is 0 Å². The van der Waals surface area contributed by atoms with E-state index < -0.39 is 10.0 Å². The smallest absolute Gasteiger partial charge is 0.264 e. The lowest BCUT2D eigenvalue weighted by molar-refractivity contribution is 0.582. The van der Waals surface area contributed by atoms with Crippen molar-refractivity contribution in [2.75, 3.05) is 4.31 Å². The Balaban J connectivity index is 1.94. The first-order chi connectivity index (χ1) is 11.5. The lowest BCUT2D eigenvalue weighted by Gasteiger charge is -2.34. The Morgan fingerprint density at radius 3 is 2.67 bits per heavy atom. The SMILES string of the molecule is Cc1ccc(S(=O)(=O)N2c3cccnc3-c3[nH]ncc3C2C)cc1. The maximum absolute atomic E-state index is 13.3. The van der Waals surface area contributed by atoms with Crippen LogP contribution in [0.15, 0.2) is 53.7 Å². The average Bonchev–Trinajstić information content (AvgIpc) is 3.06. The molecule has 0 saturated heterocycles. The third kappa shape index (κ3) is 2.05. The van der Waals surface area contributed by atoms with Crippen molar-refractivity contribution < 1.29 is 8.42 Å². The first-order valence-electron chi connectivity index (χ1n) is 7.60. The topological polar surface area (TPSA) is 79.0 Å². The molecule has 0 spiro atoms. The van der Waals surface area contributed by atoms with Gasteiger partial charge in [-0.2, -0.15) is 5.10 Å². The summed E-state index contributed by atoms with van der Waals surface area (Å²) >= 11 is 0. The van der Waals surface area contributed by atoms with Gasteiger partial charge in [0.2, 0.25) is 0 Å². The highest BCUT2D eigenvalue weighted by Crippen LogP contribution is 2.44. The number of benzene rings is 1. The molecule has 0 radical (unpaired) electrons. The minimum atomic E-state index is -3.71. The van der Waals surface area contributed by atoms with E-state index in [0.29, 0.717) is 11.4 Å². The third-order valence-electron chi connectivity index (χ3n) is 4.31. The predicted molar refractivity (Wildman–Crippen MR) is 91.1 cm³/mol. The summed E-state index contributed by atoms with van der Waals surface area (Å²) < 4.78 is 28.0. The number of rotatable bonds is 2. The molecule has 24 heavy (non-hydrogen) atoms. The highest BCUT2D eigenvalue weighted by Gasteiger charge is 2.38. The summed E-state index contributed by atoms with van der Waals surface area (Å²) in [5.74, 6) is 0. The fourth-order valence-corrected chi connectivity index (χ4v) is 4.71. The number of hydrogen-bond acceptors (Lipinski definition) is 4. The molecule has 1 atom stereocenters. The summed E-state index contributed by atoms with van der Waals surface area (Å²) in [4.78, 5) is 4.63. The van der Waals surface area contributed by atoms with Crippen LogP contribution in [-0.2, 0) is 10.0 Å². The van der Waals surface area contributed by atoms with Crippen molar-refractivity contribution in [3.8, 4) is 11.4 Å². The van der Waals surface area contributed by atoms with E-state index in [2.05, 4.69) is 15.2 Å². The normalized spacial score (nSPS) is 16.6. The lowest BCUT2D eigenvalue weighted by atomic mass is 10.0. The van der Waals surface area contributed by atoms with Gasteiger partial charge in [0.25, 0.3) is 10.0 Å². The summed E-state index contributed by atoms with van der Waals surface area (Å²) in [5, 5.41) is 7.00. The Morgan fingerprint density at radius 1 is 1.17 bits per heavy atom. The van der Waals surface area contributed by atoms with Gasteiger partial charge >= 0.3 is 0 Å². The second kappa shape index (κ2) is 5.17. The molecule has 0 fully saturated rings. The molecule has 3 heterocycles. The average molecular weight is 340 g/mol. The number of nitrogens with zero attached hydrogens (tertiary/aromatic N) is 3. The van der Waals surface area contributed by atoms with Crippen molar-refractivity contribution in [3.63, 3.8) is 0 Å². The Labute approximate surface area is 140 Å². The maximum atomic E-state index is 13.3. The molecule has 0 bridgehead atoms. The van der Waals surface area contributed by atoms with Crippen molar-refractivity contribution in [1.29, 1.82) is 0 Å². The zero-order valence-electron chi connectivity index (χ0n) is 13.3. The number of pyridine rings is 1. The van der Waals surface area contributed by atoms with Gasteiger partial charge in [-0.05, 0) is 38.1 Å². The van der Waals surface area contributed by atoms with E-state index >= 15 is 0 Å². The fraction of sp³-hybridized carbons (Fsp3) is 0.176. The van der Waals surface area contributed by atoms with Gasteiger partial charge < -0.3 is 0 Å². The van der Waals surface area contributed by atoms with Crippen LogP contribution in [0, 0.1) is 6.92 Å². The number of anilines is 1. The quantitative estimate of drug-likeness (QED) is 0.777. The first kappa shape index (κ1) is 14.9. The van der Waals surface area contributed by atoms with Gasteiger partial charge in [-0.15, -0.1) is 0 Å². The van der Waals surface area contributed by atoms with E-state index in [1.54, 1.807) is 48.8 Å². The number of fused-ring (bicyclic) bond motifs is 3. The van der Waals surface area contributed by atoms with Gasteiger partial charge in [-0.25, -0.2) is 8.42 Å². The second-order valence-corrected chi connectivity index (χ2v) is 7.68. The molecule has 122 valence electrons. The molecule has 1 aromatic carbocycles. The molecule has 2 aromatic heterocycles. The van der Waals surface area contributed by atoms with Gasteiger partial charge in [0.15, 0.2) is 0 Å². The van der Waals surface area contributed by atoms with Crippen molar-refractivity contribution in [2.24, 2.45) is 0 Å². The van der Waals surface area contributed by atoms with E-state index in [1.807, 2.05) is 13.8 Å². The number of aromatic amines is 1. The molecule has 7 heteroatoms. The number of H-pyrrole nitrogens is 1. The highest BCUT2D eigenvalue weighted by atomic mass is 32.2. The van der Waals surface area contributed by atoms with E-state index in [0.717, 1.165) is 16.8 Å². The molecule has 1 aliphatic heterocycles. The molecule has 0 saturated carbocycles. The second-order valence-electron chi connectivity index (χ2n) is 5.86. The molecule has 1 unspecified atom stereocenters. The monoisotopic (exact) mass is 340 g/mol. The molecule has 4 rings (SSSR count). The van der Waals surface area contributed by atoms with Crippen LogP contribution in [0.3, 0.4) is 0 Å². The minimum Gasteiger partial charge on any atom is -0.276 e. The maximum Gasteiger partial charge on any atom is 0.264 e. The molecular weight excluding hydrogens is 324 g/mol. The molecule has 1 aliphatic rings. The van der Waals surface area contributed by atoms with Gasteiger partial charge in [-0.3, -0.25) is 14.4 Å². The number of sulfonamides is 1. The highest BCUT2D eigenvalue weighted by molar-refractivity contribution is 7.92. The molecule has 1 N–H and O–H groups in total. The minimum absolute atomic E-state index is 0.265. The van der Waals surface area contributed by atoms with Gasteiger partial charge in [-0.1, -0.05) is 17.7 Å². The zero-order valence-corrected chi connectivity index (χ0v) is 14.1. The molecule has 0 amide bonds. The zero-order chi connectivity index (χ0) is 16.9. The van der Waals surface area contributed by atoms with Crippen LogP contribution in [0.1, 0.15) is 24.1 Å². The van der Waals surface area contributed by atoms with Crippen molar-refractivity contribution >= 4 is 15.7 Å². The summed E-state index contributed by atoms with van der Waals surface area (Å²) in [5.41, 5.74) is 3.76. The summed E-state index contributed by atoms with van der Waals surface area (Å²) in [6, 6.07) is 10.0. The van der Waals surface area contributed by atoms with E-state index in [1.165, 1.54) is 4.31 Å². The van der Waals surface area contributed by atoms with Gasteiger partial charge in [0, 0.05) is 11.8 Å². The Kier molecular flexibility index (Phi) is 3.21. The Bertz CT molecular complexity index is 1010. The number of nitrogens with one attached hydrogen (secondary N) is 1. The number of aryl methyl sites for hydroxylation is 1. The van der Waals surface area contributed by atoms with Crippen LogP contribution in [0.4, 0.5) is 5.69 Å². The summed E-state index contributed by atoms with van der Waals surface area (Å²) in [6.07, 6.45) is 3.31. The van der Waals surface area contributed by atoms with Crippen molar-refractivity contribution in [2.45, 2.75) is 24.8 Å². The molecular formula is C17H16N4O2S. The van der Waals surface area contributed by atoms with Crippen LogP contribution in [-0.4, -0.2) is 23.6 Å².